The zero-order valence-electron chi connectivity index (χ0n) is 15.2. The van der Waals surface area contributed by atoms with Crippen LogP contribution in [-0.4, -0.2) is 47.9 Å². The molecular weight excluding hydrogens is 364 g/mol. The van der Waals surface area contributed by atoms with E-state index in [1.54, 1.807) is 12.3 Å². The molecule has 7 nitrogen and oxygen atoms in total. The van der Waals surface area contributed by atoms with E-state index in [-0.39, 0.29) is 5.91 Å². The molecule has 3 rings (SSSR count). The number of piperazine rings is 1. The van der Waals surface area contributed by atoms with Crippen molar-refractivity contribution in [3.05, 3.63) is 53.2 Å². The molecule has 27 heavy (non-hydrogen) atoms. The molecule has 0 bridgehead atoms. The summed E-state index contributed by atoms with van der Waals surface area (Å²) in [7, 11) is 0. The first-order valence-corrected chi connectivity index (χ1v) is 9.17. The number of nitrogens with two attached hydrogens (primary N) is 1. The number of hydrogen-bond donors (Lipinski definition) is 2. The number of carbonyl (C=O) groups excluding carboxylic acids is 1. The summed E-state index contributed by atoms with van der Waals surface area (Å²) in [5, 5.41) is 3.38. The molecule has 1 saturated heterocycles. The lowest BCUT2D eigenvalue weighted by molar-refractivity contribution is -0.114. The van der Waals surface area contributed by atoms with Crippen molar-refractivity contribution in [3.8, 4) is 0 Å². The number of aromatic nitrogens is 1. The number of amides is 1. The molecule has 2 aromatic rings. The predicted octanol–water partition coefficient (Wildman–Crippen LogP) is 2.33. The van der Waals surface area contributed by atoms with Gasteiger partial charge in [-0.05, 0) is 35.9 Å². The van der Waals surface area contributed by atoms with E-state index in [4.69, 9.17) is 17.3 Å². The largest absolute Gasteiger partial charge is 0.370 e. The van der Waals surface area contributed by atoms with Gasteiger partial charge in [-0.25, -0.2) is 9.98 Å². The monoisotopic (exact) mass is 386 g/mol. The second kappa shape index (κ2) is 8.73. The van der Waals surface area contributed by atoms with E-state index in [2.05, 4.69) is 25.1 Å². The number of benzene rings is 1. The van der Waals surface area contributed by atoms with Gasteiger partial charge in [-0.1, -0.05) is 17.7 Å². The third-order valence-corrected chi connectivity index (χ3v) is 4.60. The van der Waals surface area contributed by atoms with Crippen molar-refractivity contribution in [1.82, 2.24) is 9.88 Å². The van der Waals surface area contributed by atoms with E-state index in [9.17, 15) is 4.79 Å². The lowest BCUT2D eigenvalue weighted by Gasteiger charge is -2.36. The number of nitrogens with one attached hydrogen (secondary N) is 1. The second-order valence-corrected chi connectivity index (χ2v) is 6.79. The molecule has 0 spiro atoms. The molecule has 1 aliphatic rings. The summed E-state index contributed by atoms with van der Waals surface area (Å²) in [6.45, 7) is 5.30. The zero-order valence-corrected chi connectivity index (χ0v) is 16.0. The first-order chi connectivity index (χ1) is 13.0. The highest BCUT2D eigenvalue weighted by molar-refractivity contribution is 6.30. The summed E-state index contributed by atoms with van der Waals surface area (Å²) in [4.78, 5) is 24.1. The number of pyridine rings is 1. The van der Waals surface area contributed by atoms with Crippen LogP contribution in [0.15, 0.2) is 47.6 Å². The van der Waals surface area contributed by atoms with Crippen LogP contribution >= 0.6 is 11.6 Å². The average molecular weight is 387 g/mol. The van der Waals surface area contributed by atoms with Gasteiger partial charge in [0.1, 0.15) is 5.82 Å². The Morgan fingerprint density at radius 1 is 1.19 bits per heavy atom. The molecule has 0 saturated carbocycles. The Morgan fingerprint density at radius 2 is 1.89 bits per heavy atom. The van der Waals surface area contributed by atoms with E-state index in [0.717, 1.165) is 36.8 Å². The third-order valence-electron chi connectivity index (χ3n) is 4.35. The molecule has 1 amide bonds. The van der Waals surface area contributed by atoms with Crippen LogP contribution < -0.4 is 16.0 Å². The minimum absolute atomic E-state index is 0.143. The number of hydrogen-bond acceptors (Lipinski definition) is 4. The number of guanidine groups is 1. The Balaban J connectivity index is 1.51. The predicted molar refractivity (Wildman–Crippen MR) is 109 cm³/mol. The highest BCUT2D eigenvalue weighted by Gasteiger charge is 2.18. The van der Waals surface area contributed by atoms with E-state index in [1.807, 2.05) is 30.3 Å². The zero-order chi connectivity index (χ0) is 19.2. The van der Waals surface area contributed by atoms with E-state index in [0.29, 0.717) is 18.3 Å². The minimum Gasteiger partial charge on any atom is -0.370 e. The molecule has 0 radical (unpaired) electrons. The van der Waals surface area contributed by atoms with Crippen molar-refractivity contribution in [2.75, 3.05) is 36.4 Å². The normalized spacial score (nSPS) is 15.0. The number of rotatable bonds is 4. The smallest absolute Gasteiger partial charge is 0.222 e. The van der Waals surface area contributed by atoms with E-state index >= 15 is 0 Å². The van der Waals surface area contributed by atoms with Crippen LogP contribution in [0.1, 0.15) is 12.5 Å². The quantitative estimate of drug-likeness (QED) is 0.622. The van der Waals surface area contributed by atoms with Crippen LogP contribution in [0.25, 0.3) is 0 Å². The molecule has 0 atom stereocenters. The Kier molecular flexibility index (Phi) is 6.13. The standard InChI is InChI=1S/C19H23ClN6O/c1-14(27)24-18-7-2-15(12-22-18)13-23-19(21)26-10-8-25(9-11-26)17-5-3-16(20)4-6-17/h2-7,12H,8-11,13H2,1H3,(H2,21,23)(H,22,24,27). The van der Waals surface area contributed by atoms with Crippen LogP contribution in [0.4, 0.5) is 11.5 Å². The van der Waals surface area contributed by atoms with Crippen LogP contribution in [0.3, 0.4) is 0 Å². The van der Waals surface area contributed by atoms with Crippen molar-refractivity contribution in [3.63, 3.8) is 0 Å². The number of nitrogens with zero attached hydrogens (tertiary/aromatic N) is 4. The molecule has 142 valence electrons. The van der Waals surface area contributed by atoms with Gasteiger partial charge in [0.05, 0.1) is 6.54 Å². The molecular formula is C19H23ClN6O. The van der Waals surface area contributed by atoms with Gasteiger partial charge in [0, 0.05) is 50.0 Å². The van der Waals surface area contributed by atoms with Crippen molar-refractivity contribution in [2.45, 2.75) is 13.5 Å². The summed E-state index contributed by atoms with van der Waals surface area (Å²) in [5.41, 5.74) is 8.26. The van der Waals surface area contributed by atoms with Crippen molar-refractivity contribution in [2.24, 2.45) is 10.7 Å². The maximum atomic E-state index is 11.0. The Bertz CT molecular complexity index is 798. The molecule has 8 heteroatoms. The molecule has 1 aromatic carbocycles. The summed E-state index contributed by atoms with van der Waals surface area (Å²) in [6, 6.07) is 11.5. The number of aliphatic imine (C=N–C) groups is 1. The average Bonchev–Trinajstić information content (AvgIpc) is 2.67. The summed E-state index contributed by atoms with van der Waals surface area (Å²) >= 11 is 5.95. The number of halogens is 1. The highest BCUT2D eigenvalue weighted by atomic mass is 35.5. The topological polar surface area (TPSA) is 86.8 Å². The molecule has 0 aliphatic carbocycles. The molecule has 2 heterocycles. The van der Waals surface area contributed by atoms with E-state index < -0.39 is 0 Å². The van der Waals surface area contributed by atoms with Gasteiger partial charge in [-0.2, -0.15) is 0 Å². The summed E-state index contributed by atoms with van der Waals surface area (Å²) < 4.78 is 0. The fraction of sp³-hybridized carbons (Fsp3) is 0.316. The van der Waals surface area contributed by atoms with Gasteiger partial charge >= 0.3 is 0 Å². The summed E-state index contributed by atoms with van der Waals surface area (Å²) in [6.07, 6.45) is 1.69. The van der Waals surface area contributed by atoms with Gasteiger partial charge in [-0.3, -0.25) is 4.79 Å². The highest BCUT2D eigenvalue weighted by Crippen LogP contribution is 2.19. The van der Waals surface area contributed by atoms with Crippen molar-refractivity contribution < 1.29 is 4.79 Å². The van der Waals surface area contributed by atoms with Crippen LogP contribution in [0, 0.1) is 0 Å². The van der Waals surface area contributed by atoms with Gasteiger partial charge in [0.25, 0.3) is 0 Å². The van der Waals surface area contributed by atoms with Gasteiger partial charge in [-0.15, -0.1) is 0 Å². The second-order valence-electron chi connectivity index (χ2n) is 6.36. The van der Waals surface area contributed by atoms with Crippen LogP contribution in [-0.2, 0) is 11.3 Å². The lowest BCUT2D eigenvalue weighted by Crippen LogP contribution is -2.51. The lowest BCUT2D eigenvalue weighted by atomic mass is 10.2. The molecule has 3 N–H and O–H groups in total. The first-order valence-electron chi connectivity index (χ1n) is 8.79. The maximum absolute atomic E-state index is 11.0. The Hall–Kier alpha value is -2.80. The number of carbonyl (C=O) groups is 1. The SMILES string of the molecule is CC(=O)Nc1ccc(CN=C(N)N2CCN(c3ccc(Cl)cc3)CC2)cn1. The first kappa shape index (κ1) is 19.0. The fourth-order valence-electron chi connectivity index (χ4n) is 2.89. The molecule has 0 unspecified atom stereocenters. The van der Waals surface area contributed by atoms with Crippen LogP contribution in [0.2, 0.25) is 5.02 Å². The van der Waals surface area contributed by atoms with Gasteiger partial charge in [0.2, 0.25) is 5.91 Å². The summed E-state index contributed by atoms with van der Waals surface area (Å²) in [5.74, 6) is 0.925. The van der Waals surface area contributed by atoms with E-state index in [1.165, 1.54) is 12.6 Å². The van der Waals surface area contributed by atoms with Crippen molar-refractivity contribution >= 4 is 35.0 Å². The molecule has 1 aliphatic heterocycles. The van der Waals surface area contributed by atoms with Crippen LogP contribution in [0.5, 0.6) is 0 Å². The Labute approximate surface area is 163 Å². The van der Waals surface area contributed by atoms with Crippen molar-refractivity contribution in [1.29, 1.82) is 0 Å². The molecule has 1 fully saturated rings. The third kappa shape index (κ3) is 5.34. The Morgan fingerprint density at radius 3 is 2.48 bits per heavy atom. The van der Waals surface area contributed by atoms with Gasteiger partial charge in [0.15, 0.2) is 5.96 Å². The molecule has 1 aromatic heterocycles. The minimum atomic E-state index is -0.143. The van der Waals surface area contributed by atoms with Gasteiger partial charge < -0.3 is 20.9 Å². The maximum Gasteiger partial charge on any atom is 0.222 e. The fourth-order valence-corrected chi connectivity index (χ4v) is 3.02. The number of anilines is 2.